The van der Waals surface area contributed by atoms with Crippen LogP contribution in [0.5, 0.6) is 5.75 Å². The first-order chi connectivity index (χ1) is 17.2. The molecule has 3 aliphatic rings. The predicted octanol–water partition coefficient (Wildman–Crippen LogP) is 0.898. The molecule has 0 aliphatic heterocycles. The van der Waals surface area contributed by atoms with Gasteiger partial charge in [-0.05, 0) is 71.1 Å². The van der Waals surface area contributed by atoms with Crippen LogP contribution in [0.15, 0.2) is 34.8 Å². The van der Waals surface area contributed by atoms with Gasteiger partial charge in [0.15, 0.2) is 23.0 Å². The van der Waals surface area contributed by atoms with Gasteiger partial charge in [-0.2, -0.15) is 0 Å². The summed E-state index contributed by atoms with van der Waals surface area (Å²) in [6.07, 6.45) is 0.250. The first-order valence-electron chi connectivity index (χ1n) is 12.1. The zero-order valence-corrected chi connectivity index (χ0v) is 21.5. The average molecular weight is 513 g/mol. The quantitative estimate of drug-likeness (QED) is 0.404. The topological polar surface area (TPSA) is 156 Å². The van der Waals surface area contributed by atoms with Gasteiger partial charge in [-0.1, -0.05) is 6.07 Å². The van der Waals surface area contributed by atoms with Crippen molar-refractivity contribution in [2.75, 3.05) is 34.7 Å². The van der Waals surface area contributed by atoms with Crippen molar-refractivity contribution < 1.29 is 39.6 Å². The van der Waals surface area contributed by atoms with Crippen molar-refractivity contribution in [2.24, 2.45) is 11.8 Å². The Labute approximate surface area is 214 Å². The molecule has 0 unspecified atom stereocenters. The summed E-state index contributed by atoms with van der Waals surface area (Å²) in [5.41, 5.74) is -2.43. The lowest BCUT2D eigenvalue weighted by Gasteiger charge is -2.50. The summed E-state index contributed by atoms with van der Waals surface area (Å²) in [5.74, 6) is -6.14. The second-order valence-electron chi connectivity index (χ2n) is 10.7. The normalized spacial score (nSPS) is 27.4. The molecule has 0 saturated heterocycles. The number of benzene rings is 1. The highest BCUT2D eigenvalue weighted by molar-refractivity contribution is 6.25. The van der Waals surface area contributed by atoms with Gasteiger partial charge < -0.3 is 25.3 Å². The van der Waals surface area contributed by atoms with Crippen LogP contribution < -0.4 is 0 Å². The second-order valence-corrected chi connectivity index (χ2v) is 10.7. The second kappa shape index (κ2) is 9.20. The van der Waals surface area contributed by atoms with Crippen LogP contribution in [0.3, 0.4) is 0 Å². The summed E-state index contributed by atoms with van der Waals surface area (Å²) >= 11 is 0. The minimum Gasteiger partial charge on any atom is -0.510 e. The van der Waals surface area contributed by atoms with Crippen molar-refractivity contribution in [3.05, 3.63) is 51.5 Å². The Hall–Kier alpha value is -3.34. The summed E-state index contributed by atoms with van der Waals surface area (Å²) in [5, 5.41) is 44.5. The van der Waals surface area contributed by atoms with Crippen LogP contribution in [0.1, 0.15) is 34.8 Å². The molecule has 0 heterocycles. The van der Waals surface area contributed by atoms with Crippen LogP contribution in [-0.2, 0) is 27.2 Å². The first kappa shape index (κ1) is 26.7. The Morgan fingerprint density at radius 3 is 2.30 bits per heavy atom. The molecule has 0 aromatic heterocycles. The molecular formula is C27H32N2O8. The van der Waals surface area contributed by atoms with Crippen molar-refractivity contribution in [3.63, 3.8) is 0 Å². The molecule has 0 radical (unpaired) electrons. The molecule has 4 N–H and O–H groups in total. The molecule has 0 saturated carbocycles. The number of hydrogen-bond acceptors (Lipinski definition) is 10. The van der Waals surface area contributed by atoms with Crippen LogP contribution in [-0.4, -0.2) is 99.7 Å². The number of hydrogen-bond donors (Lipinski definition) is 4. The van der Waals surface area contributed by atoms with E-state index in [0.29, 0.717) is 11.1 Å². The van der Waals surface area contributed by atoms with Gasteiger partial charge in [-0.3, -0.25) is 24.1 Å². The summed E-state index contributed by atoms with van der Waals surface area (Å²) in [4.78, 5) is 55.1. The van der Waals surface area contributed by atoms with Gasteiger partial charge in [-0.15, -0.1) is 0 Å². The third-order valence-electron chi connectivity index (χ3n) is 7.69. The third kappa shape index (κ3) is 4.00. The molecular weight excluding hydrogens is 480 g/mol. The fourth-order valence-corrected chi connectivity index (χ4v) is 6.20. The lowest BCUT2D eigenvalue weighted by molar-refractivity contribution is -0.148. The Balaban J connectivity index is 1.88. The van der Waals surface area contributed by atoms with Crippen molar-refractivity contribution in [2.45, 2.75) is 37.8 Å². The average Bonchev–Trinajstić information content (AvgIpc) is 2.77. The van der Waals surface area contributed by atoms with Gasteiger partial charge in [-0.25, -0.2) is 0 Å². The van der Waals surface area contributed by atoms with Gasteiger partial charge in [0.2, 0.25) is 5.78 Å². The number of allylic oxidation sites excluding steroid dienone is 1. The van der Waals surface area contributed by atoms with Crippen molar-refractivity contribution in [1.82, 2.24) is 9.80 Å². The zero-order valence-electron chi connectivity index (χ0n) is 21.5. The highest BCUT2D eigenvalue weighted by atomic mass is 16.3. The standard InChI is InChI=1S/C27H32N2O8/c1-12(30)19-24(34)22(29(4)5)17-10-14-9-16-13(8-15(31)11-28(2)3)6-7-18(32)21(16)23(33)20(14)26(36)27(17,37)25(19)35/h6-7,14,17,22,32,34,36-37H,8-11H2,1-5H3/t14-,17-,22-,27+/m0/s1. The van der Waals surface area contributed by atoms with Crippen LogP contribution in [0.2, 0.25) is 0 Å². The first-order valence-corrected chi connectivity index (χ1v) is 12.1. The number of fused-ring (bicyclic) bond motifs is 3. The number of rotatable bonds is 6. The number of phenolic OH excluding ortho intramolecular Hbond substituents is 1. The largest absolute Gasteiger partial charge is 0.510 e. The van der Waals surface area contributed by atoms with Gasteiger partial charge in [0.25, 0.3) is 0 Å². The molecule has 4 rings (SSSR count). The SMILES string of the molecule is CC(=O)C1=C(O)[C@@H](N(C)C)[C@@H]2C[C@@H]3Cc4c(CC(=O)CN(C)C)ccc(O)c4C(=O)C3=C(O)[C@]2(O)C1=O. The van der Waals surface area contributed by atoms with E-state index in [9.17, 15) is 39.6 Å². The molecule has 37 heavy (non-hydrogen) atoms. The monoisotopic (exact) mass is 512 g/mol. The Morgan fingerprint density at radius 1 is 1.08 bits per heavy atom. The van der Waals surface area contributed by atoms with Crippen LogP contribution in [0.4, 0.5) is 0 Å². The minimum atomic E-state index is -2.60. The van der Waals surface area contributed by atoms with E-state index in [2.05, 4.69) is 0 Å². The molecule has 0 fully saturated rings. The van der Waals surface area contributed by atoms with Crippen molar-refractivity contribution in [3.8, 4) is 5.75 Å². The molecule has 4 atom stereocenters. The van der Waals surface area contributed by atoms with E-state index in [0.717, 1.165) is 6.92 Å². The summed E-state index contributed by atoms with van der Waals surface area (Å²) < 4.78 is 0. The van der Waals surface area contributed by atoms with Crippen LogP contribution >= 0.6 is 0 Å². The summed E-state index contributed by atoms with van der Waals surface area (Å²) in [7, 11) is 6.76. The summed E-state index contributed by atoms with van der Waals surface area (Å²) in [6.45, 7) is 1.28. The number of aliphatic hydroxyl groups excluding tert-OH is 2. The maximum atomic E-state index is 13.7. The lowest BCUT2D eigenvalue weighted by atomic mass is 9.58. The minimum absolute atomic E-state index is 0.0334. The summed E-state index contributed by atoms with van der Waals surface area (Å²) in [6, 6.07) is 1.94. The fraction of sp³-hybridized carbons (Fsp3) is 0.481. The number of carbonyl (C=O) groups excluding carboxylic acids is 4. The lowest BCUT2D eigenvalue weighted by Crippen LogP contribution is -2.63. The zero-order chi connectivity index (χ0) is 27.6. The maximum absolute atomic E-state index is 13.7. The Morgan fingerprint density at radius 2 is 1.73 bits per heavy atom. The molecule has 1 aromatic rings. The number of carbonyl (C=O) groups is 4. The van der Waals surface area contributed by atoms with E-state index in [4.69, 9.17) is 0 Å². The Bertz CT molecular complexity index is 1290. The van der Waals surface area contributed by atoms with Gasteiger partial charge in [0.1, 0.15) is 22.8 Å². The number of phenols is 1. The van der Waals surface area contributed by atoms with Crippen molar-refractivity contribution in [1.29, 1.82) is 0 Å². The predicted molar refractivity (Wildman–Crippen MR) is 132 cm³/mol. The number of aliphatic hydroxyl groups is 3. The van der Waals surface area contributed by atoms with Crippen LogP contribution in [0.25, 0.3) is 0 Å². The number of aromatic hydroxyl groups is 1. The molecule has 0 amide bonds. The number of nitrogens with zero attached hydrogens (tertiary/aromatic N) is 2. The van der Waals surface area contributed by atoms with E-state index in [1.165, 1.54) is 6.07 Å². The Kier molecular flexibility index (Phi) is 6.64. The molecule has 0 bridgehead atoms. The van der Waals surface area contributed by atoms with E-state index in [-0.39, 0.29) is 48.5 Å². The maximum Gasteiger partial charge on any atom is 0.209 e. The molecule has 10 heteroatoms. The van der Waals surface area contributed by atoms with E-state index in [1.807, 2.05) is 0 Å². The number of Topliss-reactive ketones (excluding diaryl/α,β-unsaturated/α-hetero) is 4. The molecule has 3 aliphatic carbocycles. The molecule has 10 nitrogen and oxygen atoms in total. The molecule has 198 valence electrons. The van der Waals surface area contributed by atoms with Gasteiger partial charge in [0, 0.05) is 17.9 Å². The highest BCUT2D eigenvalue weighted by Gasteiger charge is 2.63. The van der Waals surface area contributed by atoms with E-state index in [1.54, 1.807) is 44.1 Å². The van der Waals surface area contributed by atoms with E-state index < -0.39 is 57.9 Å². The number of ketones is 4. The van der Waals surface area contributed by atoms with E-state index >= 15 is 0 Å². The van der Waals surface area contributed by atoms with Crippen molar-refractivity contribution >= 4 is 23.1 Å². The highest BCUT2D eigenvalue weighted by Crippen LogP contribution is 2.52. The molecule has 0 spiro atoms. The fourth-order valence-electron chi connectivity index (χ4n) is 6.20. The smallest absolute Gasteiger partial charge is 0.209 e. The molecule has 1 aromatic carbocycles. The van der Waals surface area contributed by atoms with Gasteiger partial charge >= 0.3 is 0 Å². The van der Waals surface area contributed by atoms with Crippen LogP contribution in [0, 0.1) is 11.8 Å². The van der Waals surface area contributed by atoms with Gasteiger partial charge in [0.05, 0.1) is 18.2 Å². The number of likely N-dealkylation sites (N-methyl/N-ethyl adjacent to an activating group) is 2. The third-order valence-corrected chi connectivity index (χ3v) is 7.69.